The second kappa shape index (κ2) is 27.5. The van der Waals surface area contributed by atoms with Crippen LogP contribution in [0, 0.1) is 0 Å². The lowest BCUT2D eigenvalue weighted by Gasteiger charge is -2.22. The highest BCUT2D eigenvalue weighted by atomic mass is 16.5. The van der Waals surface area contributed by atoms with E-state index in [1.165, 1.54) is 64.2 Å². The number of amides is 2. The van der Waals surface area contributed by atoms with Crippen LogP contribution in [-0.4, -0.2) is 73.3 Å². The average Bonchev–Trinajstić information content (AvgIpc) is 3.41. The molecule has 8 heteroatoms. The number of rotatable bonds is 24. The molecule has 0 radical (unpaired) electrons. The topological polar surface area (TPSA) is 105 Å². The summed E-state index contributed by atoms with van der Waals surface area (Å²) < 4.78 is 10.4. The summed E-state index contributed by atoms with van der Waals surface area (Å²) in [4.78, 5) is 37.9. The van der Waals surface area contributed by atoms with Crippen LogP contribution < -0.4 is 5.32 Å². The Kier molecular flexibility index (Phi) is 26.3. The number of methoxy groups -OCH3 is 1. The standard InChI is InChI=1S/C30H56N2O6.C2H6.H2/c1-3-4-5-6-7-8-9-10-11-12-13-14-17-20-30(36)38-25-28(34)31-21-18-15-16-19-29(35)32-23-27(37-2)22-26(32)24-33;1-2;/h26-27,33H,3-25H2,1-2H3,(H,31,34);1-2H3;1H/t26-,27+;;/m0../s1. The maximum atomic E-state index is 12.4. The highest BCUT2D eigenvalue weighted by molar-refractivity contribution is 5.80. The van der Waals surface area contributed by atoms with Crippen molar-refractivity contribution in [2.45, 2.75) is 155 Å². The van der Waals surface area contributed by atoms with Crippen LogP contribution in [0.4, 0.5) is 0 Å². The van der Waals surface area contributed by atoms with Gasteiger partial charge in [-0.2, -0.15) is 0 Å². The van der Waals surface area contributed by atoms with Crippen LogP contribution in [0.1, 0.15) is 144 Å². The van der Waals surface area contributed by atoms with Gasteiger partial charge in [-0.05, 0) is 25.7 Å². The van der Waals surface area contributed by atoms with Crippen molar-refractivity contribution in [1.29, 1.82) is 0 Å². The number of hydrogen-bond acceptors (Lipinski definition) is 6. The van der Waals surface area contributed by atoms with Crippen LogP contribution in [0.25, 0.3) is 0 Å². The molecular formula is C32H64N2O6. The monoisotopic (exact) mass is 572 g/mol. The number of unbranched alkanes of at least 4 members (excludes halogenated alkanes) is 14. The van der Waals surface area contributed by atoms with Gasteiger partial charge in [0.25, 0.3) is 5.91 Å². The summed E-state index contributed by atoms with van der Waals surface area (Å²) in [5.41, 5.74) is 0. The van der Waals surface area contributed by atoms with E-state index in [9.17, 15) is 19.5 Å². The summed E-state index contributed by atoms with van der Waals surface area (Å²) in [6.07, 6.45) is 20.2. The number of hydrogen-bond donors (Lipinski definition) is 2. The molecular weight excluding hydrogens is 508 g/mol. The van der Waals surface area contributed by atoms with Crippen molar-refractivity contribution in [2.24, 2.45) is 0 Å². The molecule has 1 aliphatic rings. The van der Waals surface area contributed by atoms with E-state index in [4.69, 9.17) is 9.47 Å². The van der Waals surface area contributed by atoms with E-state index in [0.29, 0.717) is 32.4 Å². The Labute approximate surface area is 246 Å². The van der Waals surface area contributed by atoms with Crippen LogP contribution in [0.3, 0.4) is 0 Å². The molecule has 0 aromatic rings. The molecule has 0 bridgehead atoms. The van der Waals surface area contributed by atoms with E-state index in [2.05, 4.69) is 12.2 Å². The minimum atomic E-state index is -0.305. The second-order valence-electron chi connectivity index (χ2n) is 10.8. The maximum Gasteiger partial charge on any atom is 0.306 e. The van der Waals surface area contributed by atoms with Gasteiger partial charge in [0.1, 0.15) is 0 Å². The number of nitrogens with one attached hydrogen (secondary N) is 1. The molecule has 2 atom stereocenters. The molecule has 1 rings (SSSR count). The quantitative estimate of drug-likeness (QED) is 0.100. The lowest BCUT2D eigenvalue weighted by Crippen LogP contribution is -2.37. The zero-order chi connectivity index (χ0) is 29.8. The number of carbonyl (C=O) groups excluding carboxylic acids is 3. The molecule has 2 amide bonds. The van der Waals surface area contributed by atoms with Crippen LogP contribution >= 0.6 is 0 Å². The summed E-state index contributed by atoms with van der Waals surface area (Å²) in [6, 6.07) is -0.154. The minimum absolute atomic E-state index is 0. The van der Waals surface area contributed by atoms with Crippen molar-refractivity contribution in [3.63, 3.8) is 0 Å². The van der Waals surface area contributed by atoms with Gasteiger partial charge >= 0.3 is 5.97 Å². The van der Waals surface area contributed by atoms with E-state index in [1.807, 2.05) is 13.8 Å². The van der Waals surface area contributed by atoms with Crippen molar-refractivity contribution in [3.8, 4) is 0 Å². The predicted molar refractivity (Wildman–Crippen MR) is 164 cm³/mol. The minimum Gasteiger partial charge on any atom is -0.456 e. The highest BCUT2D eigenvalue weighted by Crippen LogP contribution is 2.21. The molecule has 1 aliphatic heterocycles. The Morgan fingerprint density at radius 2 is 1.35 bits per heavy atom. The molecule has 8 nitrogen and oxygen atoms in total. The molecule has 2 N–H and O–H groups in total. The van der Waals surface area contributed by atoms with Gasteiger partial charge in [0.2, 0.25) is 5.91 Å². The first kappa shape index (κ1) is 38.3. The first-order valence-corrected chi connectivity index (χ1v) is 16.4. The van der Waals surface area contributed by atoms with Crippen LogP contribution in [-0.2, 0) is 23.9 Å². The Morgan fingerprint density at radius 1 is 0.825 bits per heavy atom. The van der Waals surface area contributed by atoms with Gasteiger partial charge in [0.05, 0.1) is 18.8 Å². The van der Waals surface area contributed by atoms with Crippen LogP contribution in [0.5, 0.6) is 0 Å². The normalized spacial score (nSPS) is 16.4. The number of esters is 1. The molecule has 238 valence electrons. The Morgan fingerprint density at radius 3 is 1.90 bits per heavy atom. The summed E-state index contributed by atoms with van der Waals surface area (Å²) >= 11 is 0. The van der Waals surface area contributed by atoms with Crippen molar-refractivity contribution in [1.82, 2.24) is 10.2 Å². The average molecular weight is 573 g/mol. The van der Waals surface area contributed by atoms with Crippen LogP contribution in [0.2, 0.25) is 0 Å². The Balaban J connectivity index is 0. The number of nitrogens with zero attached hydrogens (tertiary/aromatic N) is 1. The summed E-state index contributed by atoms with van der Waals surface area (Å²) in [6.45, 7) is 7.02. The molecule has 0 saturated carbocycles. The molecule has 40 heavy (non-hydrogen) atoms. The van der Waals surface area contributed by atoms with Crippen molar-refractivity contribution in [3.05, 3.63) is 0 Å². The molecule has 0 unspecified atom stereocenters. The van der Waals surface area contributed by atoms with Gasteiger partial charge in [-0.1, -0.05) is 104 Å². The summed E-state index contributed by atoms with van der Waals surface area (Å²) in [5.74, 6) is -0.545. The van der Waals surface area contributed by atoms with E-state index < -0.39 is 0 Å². The molecule has 0 spiro atoms. The van der Waals surface area contributed by atoms with Gasteiger partial charge in [0.15, 0.2) is 6.61 Å². The number of ether oxygens (including phenoxy) is 2. The predicted octanol–water partition coefficient (Wildman–Crippen LogP) is 6.57. The SMILES string of the molecule is CC.CCCCCCCCCCCCCCCC(=O)OCC(=O)NCCCCCC(=O)N1C[C@H](OC)C[C@H]1CO.[HH]. The summed E-state index contributed by atoms with van der Waals surface area (Å²) in [5, 5.41) is 12.2. The van der Waals surface area contributed by atoms with Gasteiger partial charge in [-0.3, -0.25) is 14.4 Å². The van der Waals surface area contributed by atoms with Gasteiger partial charge < -0.3 is 24.8 Å². The summed E-state index contributed by atoms with van der Waals surface area (Å²) in [7, 11) is 1.63. The molecule has 1 saturated heterocycles. The zero-order valence-electron chi connectivity index (χ0n) is 26.4. The molecule has 1 fully saturated rings. The third-order valence-electron chi connectivity index (χ3n) is 7.48. The molecule has 0 aromatic carbocycles. The maximum absolute atomic E-state index is 12.4. The lowest BCUT2D eigenvalue weighted by atomic mass is 10.0. The van der Waals surface area contributed by atoms with Gasteiger partial charge in [-0.25, -0.2) is 0 Å². The fourth-order valence-corrected chi connectivity index (χ4v) is 5.03. The number of carbonyl (C=O) groups is 3. The smallest absolute Gasteiger partial charge is 0.306 e. The van der Waals surface area contributed by atoms with E-state index in [1.54, 1.807) is 12.0 Å². The lowest BCUT2D eigenvalue weighted by molar-refractivity contribution is -0.148. The molecule has 0 aliphatic carbocycles. The Bertz CT molecular complexity index is 637. The fourth-order valence-electron chi connectivity index (χ4n) is 5.03. The first-order valence-electron chi connectivity index (χ1n) is 16.4. The third kappa shape index (κ3) is 20.2. The molecule has 0 aromatic heterocycles. The highest BCUT2D eigenvalue weighted by Gasteiger charge is 2.34. The largest absolute Gasteiger partial charge is 0.456 e. The van der Waals surface area contributed by atoms with E-state index >= 15 is 0 Å². The number of likely N-dealkylation sites (tertiary alicyclic amines) is 1. The van der Waals surface area contributed by atoms with Crippen LogP contribution in [0.15, 0.2) is 0 Å². The van der Waals surface area contributed by atoms with E-state index in [0.717, 1.165) is 38.5 Å². The van der Waals surface area contributed by atoms with Gasteiger partial charge in [0, 0.05) is 34.5 Å². The van der Waals surface area contributed by atoms with Crippen molar-refractivity contribution >= 4 is 17.8 Å². The zero-order valence-corrected chi connectivity index (χ0v) is 26.4. The fraction of sp³-hybridized carbons (Fsp3) is 0.906. The molecule has 1 heterocycles. The Hall–Kier alpha value is -1.67. The number of aliphatic hydroxyl groups is 1. The van der Waals surface area contributed by atoms with Crippen molar-refractivity contribution < 1.29 is 30.4 Å². The second-order valence-corrected chi connectivity index (χ2v) is 10.8. The van der Waals surface area contributed by atoms with Gasteiger partial charge in [-0.15, -0.1) is 0 Å². The van der Waals surface area contributed by atoms with Crippen molar-refractivity contribution in [2.75, 3.05) is 33.4 Å². The third-order valence-corrected chi connectivity index (χ3v) is 7.48. The van der Waals surface area contributed by atoms with E-state index in [-0.39, 0.29) is 44.6 Å². The first-order chi connectivity index (χ1) is 19.5. The number of aliphatic hydroxyl groups excluding tert-OH is 1.